The number of hydrogen-bond acceptors (Lipinski definition) is 4. The van der Waals surface area contributed by atoms with E-state index >= 15 is 0 Å². The van der Waals surface area contributed by atoms with Gasteiger partial charge in [0, 0.05) is 17.0 Å². The summed E-state index contributed by atoms with van der Waals surface area (Å²) in [6.07, 6.45) is 0. The van der Waals surface area contributed by atoms with Gasteiger partial charge in [-0.05, 0) is 35.7 Å². The first-order chi connectivity index (χ1) is 10.5. The van der Waals surface area contributed by atoms with Crippen LogP contribution >= 0.6 is 27.3 Å². The lowest BCUT2D eigenvalue weighted by atomic mass is 10.2. The third-order valence-corrected chi connectivity index (χ3v) is 3.95. The predicted octanol–water partition coefficient (Wildman–Crippen LogP) is 2.54. The van der Waals surface area contributed by atoms with Crippen LogP contribution in [0.5, 0.6) is 0 Å². The van der Waals surface area contributed by atoms with E-state index in [1.165, 1.54) is 18.3 Å². The standard InChI is InChI=1S/C14H12BrN3O3S/c1-8(19)17-18-13(21)11-6-7-22-14(11)16-12(20)9-2-4-10(15)5-3-9/h2-7H,1H3,(H,16,20)(H,17,19)(H,18,21). The zero-order valence-corrected chi connectivity index (χ0v) is 13.9. The van der Waals surface area contributed by atoms with Crippen LogP contribution in [0.25, 0.3) is 0 Å². The molecule has 3 N–H and O–H groups in total. The third kappa shape index (κ3) is 4.15. The van der Waals surface area contributed by atoms with Crippen molar-refractivity contribution in [1.29, 1.82) is 0 Å². The normalized spacial score (nSPS) is 9.91. The number of nitrogens with one attached hydrogen (secondary N) is 3. The average Bonchev–Trinajstić information content (AvgIpc) is 2.93. The van der Waals surface area contributed by atoms with Crippen molar-refractivity contribution in [3.05, 3.63) is 51.3 Å². The number of carbonyl (C=O) groups excluding carboxylic acids is 3. The maximum Gasteiger partial charge on any atom is 0.272 e. The Morgan fingerprint density at radius 1 is 1.00 bits per heavy atom. The number of carbonyl (C=O) groups is 3. The fourth-order valence-corrected chi connectivity index (χ4v) is 2.62. The van der Waals surface area contributed by atoms with Gasteiger partial charge in [-0.25, -0.2) is 0 Å². The fraction of sp³-hybridized carbons (Fsp3) is 0.0714. The molecule has 114 valence electrons. The summed E-state index contributed by atoms with van der Waals surface area (Å²) in [5.41, 5.74) is 5.21. The van der Waals surface area contributed by atoms with Gasteiger partial charge in [0.05, 0.1) is 5.56 Å². The molecule has 0 fully saturated rings. The molecule has 1 aromatic heterocycles. The van der Waals surface area contributed by atoms with Gasteiger partial charge in [0.15, 0.2) is 0 Å². The van der Waals surface area contributed by atoms with Gasteiger partial charge >= 0.3 is 0 Å². The van der Waals surface area contributed by atoms with Crippen LogP contribution in [0, 0.1) is 0 Å². The van der Waals surface area contributed by atoms with Crippen molar-refractivity contribution in [1.82, 2.24) is 10.9 Å². The second-order valence-corrected chi connectivity index (χ2v) is 6.09. The molecule has 1 aromatic carbocycles. The van der Waals surface area contributed by atoms with Gasteiger partial charge in [0.1, 0.15) is 5.00 Å². The molecule has 2 aromatic rings. The molecule has 0 atom stereocenters. The molecular formula is C14H12BrN3O3S. The van der Waals surface area contributed by atoms with Crippen molar-refractivity contribution in [3.63, 3.8) is 0 Å². The summed E-state index contributed by atoms with van der Waals surface area (Å²) in [5, 5.41) is 4.78. The number of rotatable bonds is 3. The molecule has 0 spiro atoms. The molecule has 0 bridgehead atoms. The number of thiophene rings is 1. The SMILES string of the molecule is CC(=O)NNC(=O)c1ccsc1NC(=O)c1ccc(Br)cc1. The first-order valence-electron chi connectivity index (χ1n) is 6.18. The van der Waals surface area contributed by atoms with Crippen LogP contribution in [-0.2, 0) is 4.79 Å². The summed E-state index contributed by atoms with van der Waals surface area (Å²) < 4.78 is 0.871. The topological polar surface area (TPSA) is 87.3 Å². The highest BCUT2D eigenvalue weighted by molar-refractivity contribution is 9.10. The van der Waals surface area contributed by atoms with Crippen molar-refractivity contribution in [2.24, 2.45) is 0 Å². The molecule has 0 saturated carbocycles. The number of hydrazine groups is 1. The maximum absolute atomic E-state index is 12.1. The second kappa shape index (κ2) is 7.19. The van der Waals surface area contributed by atoms with Crippen molar-refractivity contribution < 1.29 is 14.4 Å². The molecule has 6 nitrogen and oxygen atoms in total. The predicted molar refractivity (Wildman–Crippen MR) is 87.7 cm³/mol. The van der Waals surface area contributed by atoms with E-state index in [4.69, 9.17) is 0 Å². The zero-order valence-electron chi connectivity index (χ0n) is 11.5. The van der Waals surface area contributed by atoms with E-state index in [1.807, 2.05) is 0 Å². The van der Waals surface area contributed by atoms with Crippen molar-refractivity contribution >= 4 is 50.0 Å². The Labute approximate surface area is 139 Å². The van der Waals surface area contributed by atoms with Gasteiger partial charge in [-0.15, -0.1) is 11.3 Å². The molecule has 0 unspecified atom stereocenters. The lowest BCUT2D eigenvalue weighted by Gasteiger charge is -2.07. The zero-order chi connectivity index (χ0) is 16.1. The third-order valence-electron chi connectivity index (χ3n) is 2.60. The molecule has 3 amide bonds. The van der Waals surface area contributed by atoms with Gasteiger partial charge in [-0.1, -0.05) is 15.9 Å². The van der Waals surface area contributed by atoms with E-state index in [0.29, 0.717) is 10.6 Å². The number of halogens is 1. The first-order valence-corrected chi connectivity index (χ1v) is 7.86. The number of hydrogen-bond donors (Lipinski definition) is 3. The smallest absolute Gasteiger partial charge is 0.272 e. The largest absolute Gasteiger partial charge is 0.313 e. The summed E-state index contributed by atoms with van der Waals surface area (Å²) in [7, 11) is 0. The van der Waals surface area contributed by atoms with Crippen LogP contribution in [0.4, 0.5) is 5.00 Å². The average molecular weight is 382 g/mol. The van der Waals surface area contributed by atoms with Crippen molar-refractivity contribution in [2.45, 2.75) is 6.92 Å². The molecule has 8 heteroatoms. The summed E-state index contributed by atoms with van der Waals surface area (Å²) in [6.45, 7) is 1.28. The minimum Gasteiger partial charge on any atom is -0.313 e. The van der Waals surface area contributed by atoms with Crippen LogP contribution in [0.2, 0.25) is 0 Å². The minimum absolute atomic E-state index is 0.282. The molecule has 0 aliphatic heterocycles. The van der Waals surface area contributed by atoms with Crippen molar-refractivity contribution in [2.75, 3.05) is 5.32 Å². The summed E-state index contributed by atoms with van der Waals surface area (Å²) in [5.74, 6) is -1.20. The van der Waals surface area contributed by atoms with Gasteiger partial charge in [0.25, 0.3) is 11.8 Å². The maximum atomic E-state index is 12.1. The van der Waals surface area contributed by atoms with E-state index < -0.39 is 5.91 Å². The van der Waals surface area contributed by atoms with Crippen LogP contribution in [0.15, 0.2) is 40.2 Å². The molecule has 0 radical (unpaired) electrons. The highest BCUT2D eigenvalue weighted by Gasteiger charge is 2.16. The Bertz CT molecular complexity index is 712. The van der Waals surface area contributed by atoms with E-state index in [1.54, 1.807) is 35.7 Å². The molecule has 2 rings (SSSR count). The van der Waals surface area contributed by atoms with Gasteiger partial charge < -0.3 is 5.32 Å². The van der Waals surface area contributed by atoms with Crippen LogP contribution < -0.4 is 16.2 Å². The Balaban J connectivity index is 2.09. The van der Waals surface area contributed by atoms with Gasteiger partial charge in [-0.2, -0.15) is 0 Å². The van der Waals surface area contributed by atoms with Gasteiger partial charge in [0.2, 0.25) is 5.91 Å². The highest BCUT2D eigenvalue weighted by Crippen LogP contribution is 2.24. The quantitative estimate of drug-likeness (QED) is 0.713. The molecule has 1 heterocycles. The van der Waals surface area contributed by atoms with E-state index in [0.717, 1.165) is 4.47 Å². The monoisotopic (exact) mass is 381 g/mol. The van der Waals surface area contributed by atoms with E-state index in [2.05, 4.69) is 32.1 Å². The molecule has 0 aliphatic carbocycles. The number of benzene rings is 1. The second-order valence-electron chi connectivity index (χ2n) is 4.26. The summed E-state index contributed by atoms with van der Waals surface area (Å²) >= 11 is 4.52. The van der Waals surface area contributed by atoms with Crippen LogP contribution in [0.3, 0.4) is 0 Å². The Kier molecular flexibility index (Phi) is 5.29. The lowest BCUT2D eigenvalue weighted by molar-refractivity contribution is -0.119. The first kappa shape index (κ1) is 16.2. The minimum atomic E-state index is -0.498. The fourth-order valence-electron chi connectivity index (χ4n) is 1.57. The molecule has 0 saturated heterocycles. The molecular weight excluding hydrogens is 370 g/mol. The molecule has 22 heavy (non-hydrogen) atoms. The Morgan fingerprint density at radius 3 is 2.32 bits per heavy atom. The Morgan fingerprint density at radius 2 is 1.68 bits per heavy atom. The van der Waals surface area contributed by atoms with E-state index in [9.17, 15) is 14.4 Å². The lowest BCUT2D eigenvalue weighted by Crippen LogP contribution is -2.40. The van der Waals surface area contributed by atoms with E-state index in [-0.39, 0.29) is 17.4 Å². The number of amides is 3. The van der Waals surface area contributed by atoms with Crippen molar-refractivity contribution in [3.8, 4) is 0 Å². The highest BCUT2D eigenvalue weighted by atomic mass is 79.9. The summed E-state index contributed by atoms with van der Waals surface area (Å²) in [4.78, 5) is 34.9. The summed E-state index contributed by atoms with van der Waals surface area (Å²) in [6, 6.07) is 8.43. The molecule has 0 aliphatic rings. The number of anilines is 1. The Hall–Kier alpha value is -2.19. The van der Waals surface area contributed by atoms with Crippen LogP contribution in [-0.4, -0.2) is 17.7 Å². The van der Waals surface area contributed by atoms with Gasteiger partial charge in [-0.3, -0.25) is 25.2 Å². The van der Waals surface area contributed by atoms with Crippen LogP contribution in [0.1, 0.15) is 27.6 Å².